The van der Waals surface area contributed by atoms with Gasteiger partial charge in [-0.2, -0.15) is 13.2 Å². The van der Waals surface area contributed by atoms with Gasteiger partial charge in [-0.15, -0.1) is 0 Å². The van der Waals surface area contributed by atoms with E-state index in [1.807, 2.05) is 24.0 Å². The van der Waals surface area contributed by atoms with Crippen LogP contribution in [-0.4, -0.2) is 40.2 Å². The number of rotatable bonds is 4. The van der Waals surface area contributed by atoms with Gasteiger partial charge < -0.3 is 9.64 Å². The van der Waals surface area contributed by atoms with E-state index in [0.29, 0.717) is 31.9 Å². The van der Waals surface area contributed by atoms with Crippen LogP contribution >= 0.6 is 0 Å². The van der Waals surface area contributed by atoms with Gasteiger partial charge in [0.1, 0.15) is 0 Å². The van der Waals surface area contributed by atoms with Gasteiger partial charge >= 0.3 is 15.5 Å². The van der Waals surface area contributed by atoms with Crippen LogP contribution in [0.15, 0.2) is 12.1 Å². The van der Waals surface area contributed by atoms with Crippen molar-refractivity contribution in [1.29, 1.82) is 0 Å². The highest BCUT2D eigenvalue weighted by Gasteiger charge is 2.45. The Balaban J connectivity index is 2.31. The first-order chi connectivity index (χ1) is 10.6. The quantitative estimate of drug-likeness (QED) is 0.901. The number of morpholine rings is 1. The molecule has 0 aromatic heterocycles. The van der Waals surface area contributed by atoms with E-state index in [4.69, 9.17) is 4.74 Å². The predicted octanol–water partition coefficient (Wildman–Crippen LogP) is 2.08. The van der Waals surface area contributed by atoms with Crippen LogP contribution in [0.2, 0.25) is 0 Å². The Kier molecular flexibility index (Phi) is 5.22. The van der Waals surface area contributed by atoms with Crippen LogP contribution in [0.5, 0.6) is 0 Å². The Bertz CT molecular complexity index is 669. The lowest BCUT2D eigenvalue weighted by atomic mass is 10.0. The van der Waals surface area contributed by atoms with Crippen molar-refractivity contribution in [2.24, 2.45) is 0 Å². The summed E-state index contributed by atoms with van der Waals surface area (Å²) in [5.41, 5.74) is -2.35. The zero-order valence-corrected chi connectivity index (χ0v) is 13.7. The Morgan fingerprint density at radius 3 is 2.39 bits per heavy atom. The second-order valence-electron chi connectivity index (χ2n) is 5.37. The summed E-state index contributed by atoms with van der Waals surface area (Å²) >= 11 is 0. The number of halogens is 3. The first-order valence-electron chi connectivity index (χ1n) is 7.11. The van der Waals surface area contributed by atoms with Crippen molar-refractivity contribution in [3.8, 4) is 0 Å². The van der Waals surface area contributed by atoms with Crippen molar-refractivity contribution in [2.45, 2.75) is 25.9 Å². The predicted molar refractivity (Wildman–Crippen MR) is 80.8 cm³/mol. The number of alkyl halides is 3. The molecule has 1 aliphatic rings. The molecule has 1 aromatic carbocycles. The molecule has 0 atom stereocenters. The SMILES string of the molecule is Cc1ccc(N2CCOCC2)c(CNS(=O)(=O)C(F)(F)F)c1C. The van der Waals surface area contributed by atoms with Crippen molar-refractivity contribution < 1.29 is 26.3 Å². The van der Waals surface area contributed by atoms with Crippen molar-refractivity contribution in [3.63, 3.8) is 0 Å². The third-order valence-corrected chi connectivity index (χ3v) is 5.07. The van der Waals surface area contributed by atoms with E-state index in [9.17, 15) is 21.6 Å². The van der Waals surface area contributed by atoms with Crippen molar-refractivity contribution in [2.75, 3.05) is 31.2 Å². The van der Waals surface area contributed by atoms with Gasteiger partial charge in [0.05, 0.1) is 13.2 Å². The molecule has 0 unspecified atom stereocenters. The normalized spacial score (nSPS) is 16.7. The summed E-state index contributed by atoms with van der Waals surface area (Å²) in [7, 11) is -5.37. The number of hydrogen-bond acceptors (Lipinski definition) is 4. The Hall–Kier alpha value is -1.32. The molecule has 0 amide bonds. The molecule has 0 spiro atoms. The number of sulfonamides is 1. The highest BCUT2D eigenvalue weighted by atomic mass is 32.2. The third kappa shape index (κ3) is 3.96. The van der Waals surface area contributed by atoms with Crippen molar-refractivity contribution >= 4 is 15.7 Å². The summed E-state index contributed by atoms with van der Waals surface area (Å²) in [5, 5.41) is 0. The van der Waals surface area contributed by atoms with E-state index < -0.39 is 22.1 Å². The molecule has 1 fully saturated rings. The number of nitrogens with zero attached hydrogens (tertiary/aromatic N) is 1. The maximum atomic E-state index is 12.5. The van der Waals surface area contributed by atoms with Gasteiger partial charge in [-0.1, -0.05) is 6.07 Å². The molecule has 23 heavy (non-hydrogen) atoms. The van der Waals surface area contributed by atoms with Gasteiger partial charge in [0.25, 0.3) is 0 Å². The Morgan fingerprint density at radius 2 is 1.83 bits per heavy atom. The van der Waals surface area contributed by atoms with Crippen LogP contribution in [0.25, 0.3) is 0 Å². The average Bonchev–Trinajstić information content (AvgIpc) is 2.48. The van der Waals surface area contributed by atoms with Crippen LogP contribution in [0.4, 0.5) is 18.9 Å². The molecule has 5 nitrogen and oxygen atoms in total. The highest BCUT2D eigenvalue weighted by molar-refractivity contribution is 7.90. The van der Waals surface area contributed by atoms with Crippen LogP contribution in [0.1, 0.15) is 16.7 Å². The van der Waals surface area contributed by atoms with Crippen LogP contribution < -0.4 is 9.62 Å². The minimum atomic E-state index is -5.37. The van der Waals surface area contributed by atoms with Crippen molar-refractivity contribution in [1.82, 2.24) is 4.72 Å². The average molecular weight is 352 g/mol. The molecule has 0 aliphatic carbocycles. The largest absolute Gasteiger partial charge is 0.511 e. The Morgan fingerprint density at radius 1 is 1.22 bits per heavy atom. The maximum Gasteiger partial charge on any atom is 0.511 e. The van der Waals surface area contributed by atoms with E-state index in [2.05, 4.69) is 0 Å². The molecule has 2 rings (SSSR count). The highest BCUT2D eigenvalue weighted by Crippen LogP contribution is 2.28. The molecule has 1 aliphatic heterocycles. The molecule has 1 aromatic rings. The summed E-state index contributed by atoms with van der Waals surface area (Å²) in [6, 6.07) is 3.69. The fraction of sp³-hybridized carbons (Fsp3) is 0.571. The van der Waals surface area contributed by atoms with Gasteiger partial charge in [-0.05, 0) is 36.6 Å². The fourth-order valence-electron chi connectivity index (χ4n) is 2.43. The number of ether oxygens (including phenoxy) is 1. The number of anilines is 1. The smallest absolute Gasteiger partial charge is 0.378 e. The van der Waals surface area contributed by atoms with Gasteiger partial charge in [-0.3, -0.25) is 0 Å². The monoisotopic (exact) mass is 352 g/mol. The molecule has 1 N–H and O–H groups in total. The molecule has 1 heterocycles. The molecule has 130 valence electrons. The third-order valence-electron chi connectivity index (χ3n) is 3.94. The van der Waals surface area contributed by atoms with E-state index >= 15 is 0 Å². The zero-order chi connectivity index (χ0) is 17.3. The lowest BCUT2D eigenvalue weighted by molar-refractivity contribution is -0.0448. The summed E-state index contributed by atoms with van der Waals surface area (Å²) in [5.74, 6) is 0. The molecule has 0 radical (unpaired) electrons. The topological polar surface area (TPSA) is 58.6 Å². The number of hydrogen-bond donors (Lipinski definition) is 1. The first kappa shape index (κ1) is 18.0. The summed E-state index contributed by atoms with van der Waals surface area (Å²) in [6.45, 7) is 5.49. The van der Waals surface area contributed by atoms with E-state index in [0.717, 1.165) is 16.8 Å². The van der Waals surface area contributed by atoms with E-state index in [1.165, 1.54) is 0 Å². The first-order valence-corrected chi connectivity index (χ1v) is 8.59. The van der Waals surface area contributed by atoms with Crippen LogP contribution in [0.3, 0.4) is 0 Å². The molecule has 0 saturated carbocycles. The second-order valence-corrected chi connectivity index (χ2v) is 7.13. The molecule has 0 bridgehead atoms. The van der Waals surface area contributed by atoms with Crippen molar-refractivity contribution in [3.05, 3.63) is 28.8 Å². The van der Waals surface area contributed by atoms with Crippen LogP contribution in [-0.2, 0) is 21.3 Å². The lowest BCUT2D eigenvalue weighted by Crippen LogP contribution is -2.39. The number of benzene rings is 1. The van der Waals surface area contributed by atoms with Gasteiger partial charge in [-0.25, -0.2) is 13.1 Å². The summed E-state index contributed by atoms with van der Waals surface area (Å²) in [4.78, 5) is 1.99. The molecular weight excluding hydrogens is 333 g/mol. The standard InChI is InChI=1S/C14H19F3N2O3S/c1-10-3-4-13(19-5-7-22-8-6-19)12(11(10)2)9-18-23(20,21)14(15,16)17/h3-4,18H,5-9H2,1-2H3. The molecule has 1 saturated heterocycles. The van der Waals surface area contributed by atoms with Gasteiger partial charge in [0.15, 0.2) is 0 Å². The van der Waals surface area contributed by atoms with Gasteiger partial charge in [0.2, 0.25) is 0 Å². The Labute approximate surface area is 133 Å². The second kappa shape index (κ2) is 6.66. The maximum absolute atomic E-state index is 12.5. The number of aryl methyl sites for hydroxylation is 1. The van der Waals surface area contributed by atoms with Gasteiger partial charge in [0, 0.05) is 25.3 Å². The van der Waals surface area contributed by atoms with Crippen LogP contribution in [0, 0.1) is 13.8 Å². The number of nitrogens with one attached hydrogen (secondary N) is 1. The minimum absolute atomic E-state index is 0.401. The molecule has 9 heteroatoms. The molecular formula is C14H19F3N2O3S. The van der Waals surface area contributed by atoms with E-state index in [-0.39, 0.29) is 0 Å². The fourth-order valence-corrected chi connectivity index (χ4v) is 2.93. The summed E-state index contributed by atoms with van der Waals surface area (Å²) in [6.07, 6.45) is 0. The summed E-state index contributed by atoms with van der Waals surface area (Å²) < 4.78 is 66.9. The lowest BCUT2D eigenvalue weighted by Gasteiger charge is -2.31. The minimum Gasteiger partial charge on any atom is -0.378 e. The van der Waals surface area contributed by atoms with E-state index in [1.54, 1.807) is 11.6 Å². The zero-order valence-electron chi connectivity index (χ0n) is 12.9.